The zero-order chi connectivity index (χ0) is 14.8. The summed E-state index contributed by atoms with van der Waals surface area (Å²) < 4.78 is 2.63. The summed E-state index contributed by atoms with van der Waals surface area (Å²) >= 11 is 0. The number of fused-ring (bicyclic) bond motifs is 2. The zero-order valence-corrected chi connectivity index (χ0v) is 13.5. The van der Waals surface area contributed by atoms with E-state index in [1.807, 2.05) is 0 Å². The minimum Gasteiger partial charge on any atom is -0.188 e. The lowest BCUT2D eigenvalue weighted by Gasteiger charge is -2.55. The maximum absolute atomic E-state index is 2.63. The van der Waals surface area contributed by atoms with E-state index in [1.54, 1.807) is 0 Å². The number of hydrogen-bond donors (Lipinski definition) is 0. The topological polar surface area (TPSA) is 3.88 Å². The molecule has 3 heterocycles. The molecule has 0 saturated carbocycles. The predicted molar refractivity (Wildman–Crippen MR) is 86.4 cm³/mol. The fourth-order valence-corrected chi connectivity index (χ4v) is 5.15. The molecule has 3 atom stereocenters. The Bertz CT molecular complexity index is 732. The summed E-state index contributed by atoms with van der Waals surface area (Å²) in [4.78, 5) is 0. The lowest BCUT2D eigenvalue weighted by molar-refractivity contribution is -0.818. The Morgan fingerprint density at radius 3 is 2.48 bits per heavy atom. The molecule has 108 valence electrons. The van der Waals surface area contributed by atoms with Crippen LogP contribution in [0.2, 0.25) is 0 Å². The molecule has 0 bridgehead atoms. The summed E-state index contributed by atoms with van der Waals surface area (Å²) in [5, 5.41) is 0. The van der Waals surface area contributed by atoms with Crippen molar-refractivity contribution in [2.45, 2.75) is 57.4 Å². The Balaban J connectivity index is 2.13. The predicted octanol–water partition coefficient (Wildman–Crippen LogP) is 4.54. The smallest absolute Gasteiger partial charge is 0.188 e. The van der Waals surface area contributed by atoms with Crippen LogP contribution in [-0.2, 0) is 11.0 Å². The summed E-state index contributed by atoms with van der Waals surface area (Å²) in [5.41, 5.74) is 6.29. The number of nitrogens with zero attached hydrogens (tertiary/aromatic N) is 1. The molecule has 1 heteroatoms. The molecule has 1 nitrogen and oxygen atoms in total. The van der Waals surface area contributed by atoms with E-state index in [2.05, 4.69) is 74.7 Å². The van der Waals surface area contributed by atoms with Crippen molar-refractivity contribution in [2.75, 3.05) is 0 Å². The molecule has 0 aliphatic carbocycles. The van der Waals surface area contributed by atoms with Crippen LogP contribution in [0.25, 0.3) is 11.3 Å². The molecule has 0 amide bonds. The Kier molecular flexibility index (Phi) is 2.47. The molecule has 3 unspecified atom stereocenters. The van der Waals surface area contributed by atoms with Gasteiger partial charge in [0.15, 0.2) is 11.2 Å². The second-order valence-electron chi connectivity index (χ2n) is 7.01. The van der Waals surface area contributed by atoms with E-state index in [0.29, 0.717) is 5.92 Å². The molecule has 2 aliphatic rings. The van der Waals surface area contributed by atoms with Gasteiger partial charge in [-0.3, -0.25) is 0 Å². The van der Waals surface area contributed by atoms with Crippen LogP contribution in [-0.4, -0.2) is 0 Å². The first-order valence-corrected chi connectivity index (χ1v) is 8.25. The molecule has 1 aromatic carbocycles. The van der Waals surface area contributed by atoms with Gasteiger partial charge in [0.1, 0.15) is 5.92 Å². The van der Waals surface area contributed by atoms with Gasteiger partial charge in [0.05, 0.1) is 11.0 Å². The van der Waals surface area contributed by atoms with Gasteiger partial charge in [0.2, 0.25) is 5.69 Å². The third-order valence-corrected chi connectivity index (χ3v) is 6.55. The van der Waals surface area contributed by atoms with Crippen LogP contribution in [0, 0.1) is 0 Å². The monoisotopic (exact) mass is 278 g/mol. The highest BCUT2D eigenvalue weighted by Gasteiger charge is 2.69. The fraction of sp³-hybridized carbons (Fsp3) is 0.450. The van der Waals surface area contributed by atoms with Crippen molar-refractivity contribution in [3.63, 3.8) is 0 Å². The van der Waals surface area contributed by atoms with Gasteiger partial charge >= 0.3 is 0 Å². The lowest BCUT2D eigenvalue weighted by Crippen LogP contribution is -2.79. The number of rotatable bonds is 2. The molecule has 0 N–H and O–H groups in total. The largest absolute Gasteiger partial charge is 0.213 e. The second-order valence-corrected chi connectivity index (χ2v) is 7.01. The Labute approximate surface area is 127 Å². The van der Waals surface area contributed by atoms with Crippen LogP contribution in [0.3, 0.4) is 0 Å². The Morgan fingerprint density at radius 2 is 1.76 bits per heavy atom. The van der Waals surface area contributed by atoms with Gasteiger partial charge in [-0.1, -0.05) is 32.0 Å². The first-order chi connectivity index (χ1) is 10.1. The molecular weight excluding hydrogens is 254 g/mol. The highest BCUT2D eigenvalue weighted by molar-refractivity contribution is 5.66. The highest BCUT2D eigenvalue weighted by atomic mass is 15.2. The minimum atomic E-state index is 0.205. The van der Waals surface area contributed by atoms with Gasteiger partial charge in [0, 0.05) is 19.1 Å². The fourth-order valence-electron chi connectivity index (χ4n) is 5.15. The number of aromatic nitrogens is 1. The number of hydrogen-bond acceptors (Lipinski definition) is 0. The van der Waals surface area contributed by atoms with Crippen molar-refractivity contribution >= 4 is 0 Å². The Morgan fingerprint density at radius 1 is 1.00 bits per heavy atom. The lowest BCUT2D eigenvalue weighted by atomic mass is 9.52. The Hall–Kier alpha value is -1.63. The van der Waals surface area contributed by atoms with Gasteiger partial charge in [-0.05, 0) is 37.5 Å². The van der Waals surface area contributed by atoms with Crippen molar-refractivity contribution in [3.05, 3.63) is 53.7 Å². The van der Waals surface area contributed by atoms with E-state index in [-0.39, 0.29) is 11.0 Å². The van der Waals surface area contributed by atoms with Crippen molar-refractivity contribution in [1.82, 2.24) is 0 Å². The molecule has 0 saturated heterocycles. The number of benzene rings is 1. The van der Waals surface area contributed by atoms with Gasteiger partial charge in [-0.15, -0.1) is 0 Å². The standard InChI is InChI=1S/C20H24N/c1-5-15-18-13-9-12-17-14-10-7-8-11-16(14)19(3,6-2)20(15,4)21(17)18/h7-13,15H,5-6H2,1-4H3/q+1. The van der Waals surface area contributed by atoms with E-state index in [4.69, 9.17) is 0 Å². The van der Waals surface area contributed by atoms with Crippen LogP contribution >= 0.6 is 0 Å². The molecule has 2 aromatic rings. The summed E-state index contributed by atoms with van der Waals surface area (Å²) in [5.74, 6) is 0.663. The van der Waals surface area contributed by atoms with E-state index < -0.39 is 0 Å². The van der Waals surface area contributed by atoms with Crippen LogP contribution in [0.4, 0.5) is 0 Å². The van der Waals surface area contributed by atoms with Crippen molar-refractivity contribution in [1.29, 1.82) is 0 Å². The van der Waals surface area contributed by atoms with E-state index in [1.165, 1.54) is 35.4 Å². The second kappa shape index (κ2) is 3.97. The maximum atomic E-state index is 2.63. The summed E-state index contributed by atoms with van der Waals surface area (Å²) in [7, 11) is 0. The van der Waals surface area contributed by atoms with Crippen molar-refractivity contribution in [3.8, 4) is 11.3 Å². The molecule has 2 aliphatic heterocycles. The molecule has 0 spiro atoms. The van der Waals surface area contributed by atoms with Crippen molar-refractivity contribution in [2.24, 2.45) is 0 Å². The normalized spacial score (nSPS) is 32.1. The van der Waals surface area contributed by atoms with Gasteiger partial charge in [-0.2, -0.15) is 4.57 Å². The van der Waals surface area contributed by atoms with Gasteiger partial charge in [0.25, 0.3) is 0 Å². The highest BCUT2D eigenvalue weighted by Crippen LogP contribution is 2.58. The first-order valence-electron chi connectivity index (χ1n) is 8.25. The van der Waals surface area contributed by atoms with Gasteiger partial charge < -0.3 is 0 Å². The first kappa shape index (κ1) is 13.1. The quantitative estimate of drug-likeness (QED) is 0.710. The molecule has 21 heavy (non-hydrogen) atoms. The third kappa shape index (κ3) is 1.23. The molecule has 1 aromatic heterocycles. The third-order valence-electron chi connectivity index (χ3n) is 6.55. The zero-order valence-electron chi connectivity index (χ0n) is 13.5. The van der Waals surface area contributed by atoms with Crippen LogP contribution in [0.15, 0.2) is 42.5 Å². The van der Waals surface area contributed by atoms with Gasteiger partial charge in [-0.25, -0.2) is 0 Å². The molecule has 0 radical (unpaired) electrons. The summed E-state index contributed by atoms with van der Waals surface area (Å²) in [6, 6.07) is 15.9. The minimum absolute atomic E-state index is 0.205. The average Bonchev–Trinajstić information content (AvgIpc) is 2.52. The van der Waals surface area contributed by atoms with Crippen LogP contribution in [0.5, 0.6) is 0 Å². The van der Waals surface area contributed by atoms with Crippen LogP contribution < -0.4 is 4.57 Å². The molecular formula is C20H24N+. The van der Waals surface area contributed by atoms with E-state index in [9.17, 15) is 0 Å². The van der Waals surface area contributed by atoms with Crippen molar-refractivity contribution < 1.29 is 4.57 Å². The summed E-state index contributed by atoms with van der Waals surface area (Å²) in [6.07, 6.45) is 2.40. The SMILES string of the molecule is CCC1c2cccc3[n+]2C1(C)C(C)(CC)c1ccccc1-3. The summed E-state index contributed by atoms with van der Waals surface area (Å²) in [6.45, 7) is 9.64. The maximum Gasteiger partial charge on any atom is 0.213 e. The van der Waals surface area contributed by atoms with E-state index in [0.717, 1.165) is 0 Å². The average molecular weight is 278 g/mol. The van der Waals surface area contributed by atoms with E-state index >= 15 is 0 Å². The molecule has 4 rings (SSSR count). The molecule has 0 fully saturated rings. The van der Waals surface area contributed by atoms with Crippen LogP contribution in [0.1, 0.15) is 57.7 Å². The number of pyridine rings is 1.